The van der Waals surface area contributed by atoms with Crippen LogP contribution >= 0.6 is 11.6 Å². The standard InChI is InChI=1S/C22H26ClFN2O4/c1-13(20(27)25-22(2,3)4)26(15-8-9-17(24)16(23)12-15)21(28)14-7-10-18(29-5)19(11-14)30-6/h7-13H,1-6H3,(H,25,27). The van der Waals surface area contributed by atoms with E-state index < -0.39 is 23.3 Å². The van der Waals surface area contributed by atoms with E-state index in [0.29, 0.717) is 11.5 Å². The predicted octanol–water partition coefficient (Wildman–Crippen LogP) is 4.45. The molecular weight excluding hydrogens is 411 g/mol. The van der Waals surface area contributed by atoms with Crippen molar-refractivity contribution in [3.8, 4) is 11.5 Å². The lowest BCUT2D eigenvalue weighted by Gasteiger charge is -2.31. The number of carbonyl (C=O) groups excluding carboxylic acids is 2. The van der Waals surface area contributed by atoms with Gasteiger partial charge >= 0.3 is 0 Å². The Kier molecular flexibility index (Phi) is 7.31. The molecule has 0 aliphatic heterocycles. The third-order valence-electron chi connectivity index (χ3n) is 4.30. The minimum absolute atomic E-state index is 0.152. The van der Waals surface area contributed by atoms with Gasteiger partial charge in [-0.25, -0.2) is 4.39 Å². The fraction of sp³-hybridized carbons (Fsp3) is 0.364. The molecule has 2 aromatic rings. The summed E-state index contributed by atoms with van der Waals surface area (Å²) in [5.74, 6) is -0.631. The second-order valence-corrected chi connectivity index (χ2v) is 8.17. The summed E-state index contributed by atoms with van der Waals surface area (Å²) >= 11 is 5.94. The Morgan fingerprint density at radius 3 is 2.23 bits per heavy atom. The molecule has 0 saturated carbocycles. The first-order valence-electron chi connectivity index (χ1n) is 9.31. The van der Waals surface area contributed by atoms with E-state index in [1.54, 1.807) is 19.1 Å². The van der Waals surface area contributed by atoms with E-state index in [1.165, 1.54) is 37.3 Å². The average molecular weight is 437 g/mol. The van der Waals surface area contributed by atoms with Gasteiger partial charge in [0.25, 0.3) is 5.91 Å². The van der Waals surface area contributed by atoms with E-state index >= 15 is 0 Å². The van der Waals surface area contributed by atoms with E-state index in [1.807, 2.05) is 20.8 Å². The SMILES string of the molecule is COc1ccc(C(=O)N(c2ccc(F)c(Cl)c2)C(C)C(=O)NC(C)(C)C)cc1OC. The third-order valence-corrected chi connectivity index (χ3v) is 4.59. The Labute approximate surface area is 180 Å². The van der Waals surface area contributed by atoms with Crippen LogP contribution in [0.4, 0.5) is 10.1 Å². The molecule has 0 heterocycles. The van der Waals surface area contributed by atoms with Crippen molar-refractivity contribution < 1.29 is 23.5 Å². The normalized spacial score (nSPS) is 12.1. The van der Waals surface area contributed by atoms with Crippen LogP contribution in [0.3, 0.4) is 0 Å². The Morgan fingerprint density at radius 2 is 1.70 bits per heavy atom. The third kappa shape index (κ3) is 5.42. The monoisotopic (exact) mass is 436 g/mol. The number of nitrogens with zero attached hydrogens (tertiary/aromatic N) is 1. The van der Waals surface area contributed by atoms with Crippen LogP contribution in [0.2, 0.25) is 5.02 Å². The van der Waals surface area contributed by atoms with Gasteiger partial charge in [-0.2, -0.15) is 0 Å². The molecule has 0 fully saturated rings. The molecule has 0 spiro atoms. The first-order chi connectivity index (χ1) is 14.0. The van der Waals surface area contributed by atoms with E-state index in [0.717, 1.165) is 6.07 Å². The summed E-state index contributed by atoms with van der Waals surface area (Å²) in [7, 11) is 2.95. The van der Waals surface area contributed by atoms with Gasteiger partial charge in [-0.1, -0.05) is 11.6 Å². The van der Waals surface area contributed by atoms with Crippen LogP contribution in [0.15, 0.2) is 36.4 Å². The van der Waals surface area contributed by atoms with Crippen molar-refractivity contribution in [2.24, 2.45) is 0 Å². The van der Waals surface area contributed by atoms with Crippen LogP contribution in [-0.4, -0.2) is 37.6 Å². The molecule has 0 radical (unpaired) electrons. The molecule has 0 aromatic heterocycles. The highest BCUT2D eigenvalue weighted by atomic mass is 35.5. The molecule has 0 aliphatic rings. The summed E-state index contributed by atoms with van der Waals surface area (Å²) in [4.78, 5) is 27.5. The minimum Gasteiger partial charge on any atom is -0.493 e. The van der Waals surface area contributed by atoms with E-state index in [-0.39, 0.29) is 22.2 Å². The summed E-state index contributed by atoms with van der Waals surface area (Å²) in [6.45, 7) is 7.11. The number of carbonyl (C=O) groups is 2. The van der Waals surface area contributed by atoms with Crippen LogP contribution in [0, 0.1) is 5.82 Å². The quantitative estimate of drug-likeness (QED) is 0.726. The van der Waals surface area contributed by atoms with Crippen molar-refractivity contribution in [3.63, 3.8) is 0 Å². The predicted molar refractivity (Wildman–Crippen MR) is 115 cm³/mol. The van der Waals surface area contributed by atoms with Crippen molar-refractivity contribution in [3.05, 3.63) is 52.8 Å². The van der Waals surface area contributed by atoms with Gasteiger partial charge in [0.15, 0.2) is 11.5 Å². The number of hydrogen-bond acceptors (Lipinski definition) is 4. The lowest BCUT2D eigenvalue weighted by Crippen LogP contribution is -2.53. The lowest BCUT2D eigenvalue weighted by atomic mass is 10.1. The van der Waals surface area contributed by atoms with E-state index in [9.17, 15) is 14.0 Å². The molecule has 1 atom stereocenters. The number of halogens is 2. The van der Waals surface area contributed by atoms with Gasteiger partial charge in [0.1, 0.15) is 11.9 Å². The fourth-order valence-electron chi connectivity index (χ4n) is 2.85. The maximum absolute atomic E-state index is 13.7. The highest BCUT2D eigenvalue weighted by Crippen LogP contribution is 2.30. The number of anilines is 1. The molecule has 1 N–H and O–H groups in total. The summed E-state index contributed by atoms with van der Waals surface area (Å²) in [5.41, 5.74) is 0.0605. The number of amides is 2. The molecule has 162 valence electrons. The fourth-order valence-corrected chi connectivity index (χ4v) is 3.03. The minimum atomic E-state index is -0.897. The first kappa shape index (κ1) is 23.5. The van der Waals surface area contributed by atoms with Crippen LogP contribution in [0.25, 0.3) is 0 Å². The van der Waals surface area contributed by atoms with Gasteiger partial charge in [-0.05, 0) is 64.1 Å². The van der Waals surface area contributed by atoms with Crippen LogP contribution in [0.1, 0.15) is 38.1 Å². The Bertz CT molecular complexity index is 943. The van der Waals surface area contributed by atoms with Crippen LogP contribution in [0.5, 0.6) is 11.5 Å². The highest BCUT2D eigenvalue weighted by Gasteiger charge is 2.31. The molecular formula is C22H26ClFN2O4. The van der Waals surface area contributed by atoms with Crippen LogP contribution in [-0.2, 0) is 4.79 Å². The second kappa shape index (κ2) is 9.34. The molecule has 0 saturated heterocycles. The number of methoxy groups -OCH3 is 2. The molecule has 2 rings (SSSR count). The maximum Gasteiger partial charge on any atom is 0.259 e. The number of rotatable bonds is 6. The average Bonchev–Trinajstić information content (AvgIpc) is 2.68. The van der Waals surface area contributed by atoms with Gasteiger partial charge in [0.05, 0.1) is 19.2 Å². The van der Waals surface area contributed by atoms with Gasteiger partial charge in [0.2, 0.25) is 5.91 Å². The van der Waals surface area contributed by atoms with Gasteiger partial charge < -0.3 is 14.8 Å². The maximum atomic E-state index is 13.7. The zero-order valence-corrected chi connectivity index (χ0v) is 18.6. The zero-order valence-electron chi connectivity index (χ0n) is 17.9. The van der Waals surface area contributed by atoms with Crippen molar-refractivity contribution >= 4 is 29.1 Å². The Hall–Kier alpha value is -2.80. The molecule has 1 unspecified atom stereocenters. The highest BCUT2D eigenvalue weighted by molar-refractivity contribution is 6.31. The summed E-state index contributed by atoms with van der Waals surface area (Å²) in [6.07, 6.45) is 0. The number of benzene rings is 2. The smallest absolute Gasteiger partial charge is 0.259 e. The molecule has 2 amide bonds. The molecule has 8 heteroatoms. The summed E-state index contributed by atoms with van der Waals surface area (Å²) in [5, 5.41) is 2.71. The number of nitrogens with one attached hydrogen (secondary N) is 1. The molecule has 30 heavy (non-hydrogen) atoms. The second-order valence-electron chi connectivity index (χ2n) is 7.76. The van der Waals surface area contributed by atoms with Gasteiger partial charge in [-0.3, -0.25) is 14.5 Å². The molecule has 6 nitrogen and oxygen atoms in total. The van der Waals surface area contributed by atoms with Crippen LogP contribution < -0.4 is 19.7 Å². The summed E-state index contributed by atoms with van der Waals surface area (Å²) in [6, 6.07) is 7.66. The molecule has 0 bridgehead atoms. The van der Waals surface area contributed by atoms with E-state index in [2.05, 4.69) is 5.32 Å². The first-order valence-corrected chi connectivity index (χ1v) is 9.69. The molecule has 0 aliphatic carbocycles. The van der Waals surface area contributed by atoms with Crippen molar-refractivity contribution in [2.75, 3.05) is 19.1 Å². The van der Waals surface area contributed by atoms with Gasteiger partial charge in [0, 0.05) is 16.8 Å². The van der Waals surface area contributed by atoms with E-state index in [4.69, 9.17) is 21.1 Å². The van der Waals surface area contributed by atoms with Crippen molar-refractivity contribution in [1.82, 2.24) is 5.32 Å². The Morgan fingerprint density at radius 1 is 1.07 bits per heavy atom. The van der Waals surface area contributed by atoms with Gasteiger partial charge in [-0.15, -0.1) is 0 Å². The Balaban J connectivity index is 2.53. The lowest BCUT2D eigenvalue weighted by molar-refractivity contribution is -0.123. The topological polar surface area (TPSA) is 67.9 Å². The van der Waals surface area contributed by atoms with Crippen molar-refractivity contribution in [1.29, 1.82) is 0 Å². The van der Waals surface area contributed by atoms with Crippen molar-refractivity contribution in [2.45, 2.75) is 39.3 Å². The largest absolute Gasteiger partial charge is 0.493 e. The molecule has 2 aromatic carbocycles. The zero-order chi connectivity index (χ0) is 22.6. The number of ether oxygens (including phenoxy) is 2. The number of hydrogen-bond donors (Lipinski definition) is 1. The summed E-state index contributed by atoms with van der Waals surface area (Å²) < 4.78 is 24.2.